The second-order valence-electron chi connectivity index (χ2n) is 9.82. The van der Waals surface area contributed by atoms with E-state index < -0.39 is 0 Å². The van der Waals surface area contributed by atoms with Crippen molar-refractivity contribution in [3.63, 3.8) is 0 Å². The van der Waals surface area contributed by atoms with Crippen molar-refractivity contribution in [2.24, 2.45) is 5.92 Å². The summed E-state index contributed by atoms with van der Waals surface area (Å²) in [4.78, 5) is 15.5. The zero-order valence-electron chi connectivity index (χ0n) is 19.9. The number of ether oxygens (including phenoxy) is 1. The molecule has 2 N–H and O–H groups in total. The number of H-pyrrole nitrogens is 1. The number of aromatic amines is 1. The van der Waals surface area contributed by atoms with Gasteiger partial charge in [0.1, 0.15) is 11.9 Å². The lowest BCUT2D eigenvalue weighted by atomic mass is 10.0. The minimum Gasteiger partial charge on any atom is -0.490 e. The minimum atomic E-state index is -0.0379. The molecule has 4 aromatic rings. The number of rotatable bonds is 7. The van der Waals surface area contributed by atoms with Gasteiger partial charge in [-0.05, 0) is 104 Å². The Labute approximate surface area is 209 Å². The first kappa shape index (κ1) is 22.3. The molecular formula is C28H30N4O2S. The molecule has 1 amide bonds. The van der Waals surface area contributed by atoms with Gasteiger partial charge in [-0.25, -0.2) is 0 Å². The lowest BCUT2D eigenvalue weighted by Gasteiger charge is -2.29. The number of benzene rings is 2. The summed E-state index contributed by atoms with van der Waals surface area (Å²) in [6, 6.07) is 16.1. The molecule has 6 rings (SSSR count). The van der Waals surface area contributed by atoms with Crippen molar-refractivity contribution < 1.29 is 9.53 Å². The first-order chi connectivity index (χ1) is 17.1. The van der Waals surface area contributed by atoms with Gasteiger partial charge in [-0.15, -0.1) is 0 Å². The average molecular weight is 487 g/mol. The van der Waals surface area contributed by atoms with Gasteiger partial charge in [-0.2, -0.15) is 16.4 Å². The van der Waals surface area contributed by atoms with Crippen molar-refractivity contribution in [3.8, 4) is 17.0 Å². The minimum absolute atomic E-state index is 0.0379. The average Bonchev–Trinajstić information content (AvgIpc) is 3.40. The molecule has 1 atom stereocenters. The van der Waals surface area contributed by atoms with E-state index in [1.807, 2.05) is 42.5 Å². The number of thiophene rings is 1. The zero-order chi connectivity index (χ0) is 23.8. The van der Waals surface area contributed by atoms with E-state index in [1.54, 1.807) is 11.3 Å². The van der Waals surface area contributed by atoms with Crippen LogP contribution in [-0.4, -0.2) is 47.2 Å². The van der Waals surface area contributed by atoms with E-state index in [2.05, 4.69) is 44.3 Å². The Hall–Kier alpha value is -3.16. The maximum Gasteiger partial charge on any atom is 0.251 e. The highest BCUT2D eigenvalue weighted by Crippen LogP contribution is 2.41. The maximum absolute atomic E-state index is 13.2. The molecule has 1 saturated carbocycles. The number of likely N-dealkylation sites (tertiary alicyclic amines) is 1. The molecular weight excluding hydrogens is 456 g/mol. The van der Waals surface area contributed by atoms with Gasteiger partial charge in [-0.3, -0.25) is 9.89 Å². The first-order valence-electron chi connectivity index (χ1n) is 12.4. The van der Waals surface area contributed by atoms with Crippen LogP contribution in [0.1, 0.15) is 47.6 Å². The fourth-order valence-corrected chi connectivity index (χ4v) is 5.64. The summed E-state index contributed by atoms with van der Waals surface area (Å²) < 4.78 is 6.20. The molecule has 1 aliphatic carbocycles. The molecule has 7 heteroatoms. The number of nitrogens with one attached hydrogen (secondary N) is 2. The second kappa shape index (κ2) is 9.47. The van der Waals surface area contributed by atoms with E-state index in [9.17, 15) is 4.79 Å². The van der Waals surface area contributed by atoms with Gasteiger partial charge in [-0.1, -0.05) is 0 Å². The van der Waals surface area contributed by atoms with Gasteiger partial charge in [0.2, 0.25) is 0 Å². The SMILES string of the molecule is CN1CCC(Oc2ccc(-c3n[nH]c4ccc(C(=O)NC(c5ccsc5)C5CC5)cc34)cc2)CC1. The molecule has 3 heterocycles. The number of hydrogen-bond acceptors (Lipinski definition) is 5. The fourth-order valence-electron chi connectivity index (χ4n) is 4.94. The van der Waals surface area contributed by atoms with Gasteiger partial charge in [0.15, 0.2) is 0 Å². The largest absolute Gasteiger partial charge is 0.490 e. The molecule has 2 aliphatic rings. The number of nitrogens with zero attached hydrogens (tertiary/aromatic N) is 2. The highest BCUT2D eigenvalue weighted by atomic mass is 32.1. The molecule has 2 fully saturated rings. The smallest absolute Gasteiger partial charge is 0.251 e. The number of carbonyl (C=O) groups excluding carboxylic acids is 1. The Morgan fingerprint density at radius 1 is 1.11 bits per heavy atom. The molecule has 0 bridgehead atoms. The van der Waals surface area contributed by atoms with Crippen molar-refractivity contribution in [3.05, 3.63) is 70.4 Å². The first-order valence-corrected chi connectivity index (χ1v) is 13.3. The Kier molecular flexibility index (Phi) is 6.04. The molecule has 2 aromatic heterocycles. The second-order valence-corrected chi connectivity index (χ2v) is 10.6. The van der Waals surface area contributed by atoms with Crippen LogP contribution in [0, 0.1) is 5.92 Å². The summed E-state index contributed by atoms with van der Waals surface area (Å²) in [5.41, 5.74) is 4.62. The van der Waals surface area contributed by atoms with E-state index in [4.69, 9.17) is 4.74 Å². The van der Waals surface area contributed by atoms with Crippen LogP contribution in [0.5, 0.6) is 5.75 Å². The van der Waals surface area contributed by atoms with E-state index in [-0.39, 0.29) is 18.1 Å². The maximum atomic E-state index is 13.2. The number of amides is 1. The van der Waals surface area contributed by atoms with E-state index in [1.165, 1.54) is 18.4 Å². The Morgan fingerprint density at radius 3 is 2.63 bits per heavy atom. The molecule has 6 nitrogen and oxygen atoms in total. The van der Waals surface area contributed by atoms with Crippen LogP contribution >= 0.6 is 11.3 Å². The molecule has 2 aromatic carbocycles. The highest BCUT2D eigenvalue weighted by molar-refractivity contribution is 7.08. The predicted molar refractivity (Wildman–Crippen MR) is 140 cm³/mol. The number of hydrogen-bond donors (Lipinski definition) is 2. The van der Waals surface area contributed by atoms with Crippen molar-refractivity contribution >= 4 is 28.1 Å². The normalized spacial score (nSPS) is 18.0. The van der Waals surface area contributed by atoms with Gasteiger partial charge in [0.25, 0.3) is 5.91 Å². The summed E-state index contributed by atoms with van der Waals surface area (Å²) in [5, 5.41) is 16.1. The molecule has 1 aliphatic heterocycles. The molecule has 35 heavy (non-hydrogen) atoms. The van der Waals surface area contributed by atoms with E-state index in [0.29, 0.717) is 11.5 Å². The Morgan fingerprint density at radius 2 is 1.91 bits per heavy atom. The van der Waals surface area contributed by atoms with Gasteiger partial charge < -0.3 is 15.0 Å². The van der Waals surface area contributed by atoms with Crippen LogP contribution in [0.25, 0.3) is 22.2 Å². The summed E-state index contributed by atoms with van der Waals surface area (Å²) in [7, 11) is 2.16. The van der Waals surface area contributed by atoms with Crippen molar-refractivity contribution in [1.29, 1.82) is 0 Å². The third-order valence-corrected chi connectivity index (χ3v) is 7.90. The van der Waals surface area contributed by atoms with Gasteiger partial charge in [0, 0.05) is 29.6 Å². The molecule has 1 unspecified atom stereocenters. The van der Waals surface area contributed by atoms with Crippen molar-refractivity contribution in [1.82, 2.24) is 20.4 Å². The third-order valence-electron chi connectivity index (χ3n) is 7.20. The number of aromatic nitrogens is 2. The lowest BCUT2D eigenvalue weighted by Crippen LogP contribution is -2.35. The number of piperidine rings is 1. The molecule has 0 spiro atoms. The van der Waals surface area contributed by atoms with Crippen LogP contribution < -0.4 is 10.1 Å². The fraction of sp³-hybridized carbons (Fsp3) is 0.357. The Balaban J connectivity index is 1.20. The van der Waals surface area contributed by atoms with Gasteiger partial charge in [0.05, 0.1) is 17.3 Å². The topological polar surface area (TPSA) is 70.2 Å². The summed E-state index contributed by atoms with van der Waals surface area (Å²) in [5.74, 6) is 1.39. The van der Waals surface area contributed by atoms with Crippen LogP contribution in [0.4, 0.5) is 0 Å². The number of fused-ring (bicyclic) bond motifs is 1. The summed E-state index contributed by atoms with van der Waals surface area (Å²) in [6.45, 7) is 2.15. The lowest BCUT2D eigenvalue weighted by molar-refractivity contribution is 0.0932. The van der Waals surface area contributed by atoms with Crippen LogP contribution in [0.15, 0.2) is 59.3 Å². The highest BCUT2D eigenvalue weighted by Gasteiger charge is 2.33. The quantitative estimate of drug-likeness (QED) is 0.354. The standard InChI is InChI=1S/C28H30N4O2S/c1-32-13-10-23(11-14-32)34-22-7-4-19(5-8-22)27-24-16-20(6-9-25(24)30-31-27)28(33)29-26(18-2-3-18)21-12-15-35-17-21/h4-9,12,15-18,23,26H,2-3,10-11,13-14H2,1H3,(H,29,33)(H,30,31). The van der Waals surface area contributed by atoms with Crippen LogP contribution in [0.3, 0.4) is 0 Å². The Bertz CT molecular complexity index is 1300. The molecule has 0 radical (unpaired) electrons. The third kappa shape index (κ3) is 4.83. The predicted octanol–water partition coefficient (Wildman–Crippen LogP) is 5.65. The van der Waals surface area contributed by atoms with E-state index >= 15 is 0 Å². The van der Waals surface area contributed by atoms with Crippen molar-refractivity contribution in [2.45, 2.75) is 37.8 Å². The number of carbonyl (C=O) groups is 1. The van der Waals surface area contributed by atoms with Crippen LogP contribution in [-0.2, 0) is 0 Å². The molecule has 180 valence electrons. The van der Waals surface area contributed by atoms with E-state index in [0.717, 1.165) is 53.8 Å². The molecule has 1 saturated heterocycles. The van der Waals surface area contributed by atoms with Crippen LogP contribution in [0.2, 0.25) is 0 Å². The summed E-state index contributed by atoms with van der Waals surface area (Å²) >= 11 is 1.67. The van der Waals surface area contributed by atoms with Gasteiger partial charge >= 0.3 is 0 Å². The summed E-state index contributed by atoms with van der Waals surface area (Å²) in [6.07, 6.45) is 4.73. The monoisotopic (exact) mass is 486 g/mol. The van der Waals surface area contributed by atoms with Crippen molar-refractivity contribution in [2.75, 3.05) is 20.1 Å². The zero-order valence-corrected chi connectivity index (χ0v) is 20.7.